The third kappa shape index (κ3) is 3.00. The summed E-state index contributed by atoms with van der Waals surface area (Å²) in [6.07, 6.45) is 7.18. The zero-order chi connectivity index (χ0) is 18.5. The molecule has 4 rings (SSSR count). The fourth-order valence-corrected chi connectivity index (χ4v) is 7.35. The molecule has 0 aliphatic heterocycles. The smallest absolute Gasteiger partial charge is 0.308 e. The summed E-state index contributed by atoms with van der Waals surface area (Å²) in [6, 6.07) is 6.23. The fraction of sp³-hybridized carbons (Fsp3) is 0.636. The van der Waals surface area contributed by atoms with E-state index >= 15 is 0 Å². The molecule has 0 saturated heterocycles. The average molecular weight is 373 g/mol. The molecule has 0 radical (unpaired) electrons. The molecule has 0 amide bonds. The van der Waals surface area contributed by atoms with Crippen molar-refractivity contribution in [3.63, 3.8) is 0 Å². The molecule has 2 fully saturated rings. The van der Waals surface area contributed by atoms with Crippen molar-refractivity contribution in [3.8, 4) is 5.75 Å². The van der Waals surface area contributed by atoms with Gasteiger partial charge in [-0.2, -0.15) is 0 Å². The first-order chi connectivity index (χ1) is 12.4. The van der Waals surface area contributed by atoms with Gasteiger partial charge in [0.2, 0.25) is 0 Å². The van der Waals surface area contributed by atoms with Crippen LogP contribution < -0.4 is 4.74 Å². The highest BCUT2D eigenvalue weighted by molar-refractivity contribution is 8.14. The Bertz CT molecular complexity index is 743. The van der Waals surface area contributed by atoms with Crippen LogP contribution in [0, 0.1) is 17.3 Å². The van der Waals surface area contributed by atoms with Gasteiger partial charge in [0.25, 0.3) is 0 Å². The zero-order valence-corrected chi connectivity index (χ0v) is 16.7. The van der Waals surface area contributed by atoms with Crippen LogP contribution in [0.4, 0.5) is 0 Å². The van der Waals surface area contributed by atoms with E-state index in [2.05, 4.69) is 19.1 Å². The van der Waals surface area contributed by atoms with Crippen LogP contribution in [0.15, 0.2) is 18.2 Å². The van der Waals surface area contributed by atoms with E-state index < -0.39 is 0 Å². The second kappa shape index (κ2) is 6.70. The standard InChI is InChI=1S/C22H28O3S/c1-13(23)25-16-5-7-17-15(12-16)4-6-19-18(17)10-11-22(3)20(19)8-9-21(22)26-14(2)24/h5,7,12,18-21H,4,6,8-11H2,1-3H3. The highest BCUT2D eigenvalue weighted by Crippen LogP contribution is 2.63. The minimum absolute atomic E-state index is 0.257. The third-order valence-corrected chi connectivity index (χ3v) is 8.57. The molecular formula is C22H28O3S. The number of hydrogen-bond acceptors (Lipinski definition) is 4. The van der Waals surface area contributed by atoms with Crippen molar-refractivity contribution in [2.24, 2.45) is 17.3 Å². The van der Waals surface area contributed by atoms with Gasteiger partial charge in [0.1, 0.15) is 5.75 Å². The number of rotatable bonds is 2. The molecule has 2 saturated carbocycles. The van der Waals surface area contributed by atoms with Gasteiger partial charge in [-0.25, -0.2) is 0 Å². The second-order valence-corrected chi connectivity index (χ2v) is 9.97. The van der Waals surface area contributed by atoms with Gasteiger partial charge in [0, 0.05) is 19.1 Å². The number of aryl methyl sites for hydroxylation is 1. The zero-order valence-electron chi connectivity index (χ0n) is 15.9. The van der Waals surface area contributed by atoms with Crippen LogP contribution in [0.5, 0.6) is 5.75 Å². The van der Waals surface area contributed by atoms with Crippen LogP contribution in [0.1, 0.15) is 69.9 Å². The Kier molecular flexibility index (Phi) is 4.66. The molecule has 0 aromatic heterocycles. The first-order valence-electron chi connectivity index (χ1n) is 9.87. The lowest BCUT2D eigenvalue weighted by atomic mass is 9.56. The van der Waals surface area contributed by atoms with Gasteiger partial charge in [-0.3, -0.25) is 9.59 Å². The minimum Gasteiger partial charge on any atom is -0.427 e. The van der Waals surface area contributed by atoms with Gasteiger partial charge in [-0.1, -0.05) is 24.8 Å². The Morgan fingerprint density at radius 3 is 2.69 bits per heavy atom. The van der Waals surface area contributed by atoms with Gasteiger partial charge in [0.05, 0.1) is 0 Å². The molecule has 1 aromatic rings. The highest BCUT2D eigenvalue weighted by atomic mass is 32.2. The first kappa shape index (κ1) is 18.1. The molecule has 5 unspecified atom stereocenters. The monoisotopic (exact) mass is 372 g/mol. The maximum atomic E-state index is 11.7. The van der Waals surface area contributed by atoms with E-state index in [4.69, 9.17) is 4.74 Å². The van der Waals surface area contributed by atoms with E-state index in [0.29, 0.717) is 22.3 Å². The Balaban J connectivity index is 1.58. The summed E-state index contributed by atoms with van der Waals surface area (Å²) in [5, 5.41) is 0.768. The van der Waals surface area contributed by atoms with Crippen LogP contribution in [0.25, 0.3) is 0 Å². The molecule has 3 nitrogen and oxygen atoms in total. The van der Waals surface area contributed by atoms with Crippen molar-refractivity contribution in [2.45, 2.75) is 70.5 Å². The van der Waals surface area contributed by atoms with E-state index in [1.54, 1.807) is 18.7 Å². The van der Waals surface area contributed by atoms with Crippen molar-refractivity contribution in [2.75, 3.05) is 0 Å². The maximum absolute atomic E-state index is 11.7. The largest absolute Gasteiger partial charge is 0.427 e. The molecule has 0 spiro atoms. The number of benzene rings is 1. The molecule has 0 heterocycles. The topological polar surface area (TPSA) is 43.4 Å². The van der Waals surface area contributed by atoms with Gasteiger partial charge >= 0.3 is 5.97 Å². The summed E-state index contributed by atoms with van der Waals surface area (Å²) >= 11 is 1.59. The highest BCUT2D eigenvalue weighted by Gasteiger charge is 2.55. The Morgan fingerprint density at radius 1 is 1.15 bits per heavy atom. The maximum Gasteiger partial charge on any atom is 0.308 e. The fourth-order valence-electron chi connectivity index (χ4n) is 6.13. The van der Waals surface area contributed by atoms with Crippen LogP contribution in [0.2, 0.25) is 0 Å². The van der Waals surface area contributed by atoms with E-state index in [-0.39, 0.29) is 11.1 Å². The van der Waals surface area contributed by atoms with Gasteiger partial charge in [-0.15, -0.1) is 0 Å². The number of hydrogen-bond donors (Lipinski definition) is 0. The van der Waals surface area contributed by atoms with Crippen molar-refractivity contribution in [1.82, 2.24) is 0 Å². The van der Waals surface area contributed by atoms with Gasteiger partial charge < -0.3 is 4.74 Å². The summed E-state index contributed by atoms with van der Waals surface area (Å²) in [7, 11) is 0. The van der Waals surface area contributed by atoms with Crippen LogP contribution in [-0.2, 0) is 16.0 Å². The number of fused-ring (bicyclic) bond motifs is 5. The summed E-state index contributed by atoms with van der Waals surface area (Å²) < 4.78 is 5.28. The Hall–Kier alpha value is -1.29. The molecule has 3 aliphatic rings. The van der Waals surface area contributed by atoms with Gasteiger partial charge in [-0.05, 0) is 85.0 Å². The predicted octanol–water partition coefficient (Wildman–Crippen LogP) is 5.12. The first-order valence-corrected chi connectivity index (χ1v) is 10.7. The van der Waals surface area contributed by atoms with E-state index in [0.717, 1.165) is 18.3 Å². The molecular weight excluding hydrogens is 344 g/mol. The average Bonchev–Trinajstić information content (AvgIpc) is 2.90. The number of carbonyl (C=O) groups is 2. The molecule has 26 heavy (non-hydrogen) atoms. The molecule has 4 heteroatoms. The van der Waals surface area contributed by atoms with E-state index in [9.17, 15) is 9.59 Å². The summed E-state index contributed by atoms with van der Waals surface area (Å²) in [5.41, 5.74) is 3.15. The lowest BCUT2D eigenvalue weighted by Gasteiger charge is -2.50. The van der Waals surface area contributed by atoms with Crippen LogP contribution in [-0.4, -0.2) is 16.3 Å². The summed E-state index contributed by atoms with van der Waals surface area (Å²) in [6.45, 7) is 5.61. The number of ether oxygens (including phenoxy) is 1. The third-order valence-electron chi connectivity index (χ3n) is 7.18. The molecule has 5 atom stereocenters. The molecule has 3 aliphatic carbocycles. The number of carbonyl (C=O) groups excluding carboxylic acids is 2. The SMILES string of the molecule is CC(=O)Oc1ccc2c(c1)CCC1C2CCC2(C)C(SC(C)=O)CCC12. The van der Waals surface area contributed by atoms with E-state index in [1.165, 1.54) is 50.2 Å². The van der Waals surface area contributed by atoms with Crippen molar-refractivity contribution in [1.29, 1.82) is 0 Å². The summed E-state index contributed by atoms with van der Waals surface area (Å²) in [5.74, 6) is 2.52. The predicted molar refractivity (Wildman–Crippen MR) is 104 cm³/mol. The van der Waals surface area contributed by atoms with Crippen molar-refractivity contribution < 1.29 is 14.3 Å². The van der Waals surface area contributed by atoms with Crippen molar-refractivity contribution >= 4 is 22.8 Å². The Morgan fingerprint density at radius 2 is 1.96 bits per heavy atom. The molecule has 0 bridgehead atoms. The number of esters is 1. The van der Waals surface area contributed by atoms with Crippen LogP contribution >= 0.6 is 11.8 Å². The quantitative estimate of drug-likeness (QED) is 0.534. The number of thioether (sulfide) groups is 1. The normalized spacial score (nSPS) is 35.2. The second-order valence-electron chi connectivity index (χ2n) is 8.59. The van der Waals surface area contributed by atoms with Gasteiger partial charge in [0.15, 0.2) is 5.12 Å². The molecule has 140 valence electrons. The molecule has 1 aromatic carbocycles. The lowest BCUT2D eigenvalue weighted by Crippen LogP contribution is -2.43. The summed E-state index contributed by atoms with van der Waals surface area (Å²) in [4.78, 5) is 22.9. The van der Waals surface area contributed by atoms with Crippen molar-refractivity contribution in [3.05, 3.63) is 29.3 Å². The minimum atomic E-state index is -0.257. The molecule has 0 N–H and O–H groups in total. The lowest BCUT2D eigenvalue weighted by molar-refractivity contribution is -0.131. The Labute approximate surface area is 160 Å². The van der Waals surface area contributed by atoms with E-state index in [1.807, 2.05) is 6.07 Å². The van der Waals surface area contributed by atoms with Crippen LogP contribution in [0.3, 0.4) is 0 Å².